The summed E-state index contributed by atoms with van der Waals surface area (Å²) in [6.07, 6.45) is 3.24. The topological polar surface area (TPSA) is 81.6 Å². The first-order valence-electron chi connectivity index (χ1n) is 6.36. The Bertz CT molecular complexity index is 306. The highest BCUT2D eigenvalue weighted by Gasteiger charge is 2.48. The van der Waals surface area contributed by atoms with Crippen molar-refractivity contribution in [3.63, 3.8) is 0 Å². The van der Waals surface area contributed by atoms with Crippen LogP contribution in [0.3, 0.4) is 0 Å². The van der Waals surface area contributed by atoms with Gasteiger partial charge in [-0.2, -0.15) is 0 Å². The first kappa shape index (κ1) is 12.8. The maximum absolute atomic E-state index is 11.6. The molecule has 2 fully saturated rings. The molecule has 0 aromatic carbocycles. The molecular weight excluding hydrogens is 218 g/mol. The quantitative estimate of drug-likeness (QED) is 0.691. The number of rotatable bonds is 5. The smallest absolute Gasteiger partial charge is 0.239 e. The summed E-state index contributed by atoms with van der Waals surface area (Å²) in [7, 11) is 2.00. The zero-order chi connectivity index (χ0) is 12.6. The molecule has 1 aliphatic heterocycles. The molecule has 1 aliphatic carbocycles. The van der Waals surface area contributed by atoms with E-state index in [9.17, 15) is 4.79 Å². The maximum Gasteiger partial charge on any atom is 0.239 e. The summed E-state index contributed by atoms with van der Waals surface area (Å²) in [5, 5.41) is 0. The van der Waals surface area contributed by atoms with Gasteiger partial charge in [-0.25, -0.2) is 0 Å². The Hall–Kier alpha value is -0.650. The van der Waals surface area contributed by atoms with Gasteiger partial charge in [-0.3, -0.25) is 9.69 Å². The fourth-order valence-corrected chi connectivity index (χ4v) is 2.84. The minimum Gasteiger partial charge on any atom is -0.377 e. The van der Waals surface area contributed by atoms with Gasteiger partial charge in [0.1, 0.15) is 5.54 Å². The molecule has 0 aromatic rings. The van der Waals surface area contributed by atoms with E-state index in [4.69, 9.17) is 16.2 Å². The van der Waals surface area contributed by atoms with Crippen LogP contribution in [0.4, 0.5) is 0 Å². The van der Waals surface area contributed by atoms with Gasteiger partial charge in [-0.1, -0.05) is 0 Å². The number of carbonyl (C=O) groups is 1. The predicted octanol–water partition coefficient (Wildman–Crippen LogP) is -0.312. The van der Waals surface area contributed by atoms with Gasteiger partial charge in [-0.15, -0.1) is 0 Å². The normalized spacial score (nSPS) is 32.7. The molecule has 2 aliphatic rings. The number of hydrogen-bond acceptors (Lipinski definition) is 4. The Balaban J connectivity index is 2.00. The number of hydrogen-bond donors (Lipinski definition) is 2. The van der Waals surface area contributed by atoms with Gasteiger partial charge in [-0.05, 0) is 39.2 Å². The van der Waals surface area contributed by atoms with Crippen LogP contribution < -0.4 is 11.5 Å². The zero-order valence-corrected chi connectivity index (χ0v) is 10.7. The Kier molecular flexibility index (Phi) is 3.43. The van der Waals surface area contributed by atoms with Crippen molar-refractivity contribution in [3.8, 4) is 0 Å². The number of primary amides is 1. The third-order valence-corrected chi connectivity index (χ3v) is 4.18. The number of ether oxygens (including phenoxy) is 1. The maximum atomic E-state index is 11.6. The molecule has 2 rings (SSSR count). The van der Waals surface area contributed by atoms with Crippen molar-refractivity contribution in [1.82, 2.24) is 4.90 Å². The predicted molar refractivity (Wildman–Crippen MR) is 65.3 cm³/mol. The lowest BCUT2D eigenvalue weighted by Gasteiger charge is -2.35. The average molecular weight is 241 g/mol. The Morgan fingerprint density at radius 2 is 2.12 bits per heavy atom. The van der Waals surface area contributed by atoms with E-state index < -0.39 is 5.54 Å². The van der Waals surface area contributed by atoms with Crippen LogP contribution in [0.15, 0.2) is 0 Å². The van der Waals surface area contributed by atoms with Crippen LogP contribution in [0.5, 0.6) is 0 Å². The van der Waals surface area contributed by atoms with Gasteiger partial charge in [0.25, 0.3) is 0 Å². The molecule has 0 spiro atoms. The molecule has 5 heteroatoms. The van der Waals surface area contributed by atoms with Crippen LogP contribution in [0, 0.1) is 5.92 Å². The molecule has 3 unspecified atom stereocenters. The molecule has 1 saturated carbocycles. The first-order chi connectivity index (χ1) is 7.95. The highest BCUT2D eigenvalue weighted by atomic mass is 16.5. The summed E-state index contributed by atoms with van der Waals surface area (Å²) in [6.45, 7) is 3.38. The van der Waals surface area contributed by atoms with Crippen LogP contribution in [-0.4, -0.2) is 48.7 Å². The lowest BCUT2D eigenvalue weighted by atomic mass is 9.92. The van der Waals surface area contributed by atoms with Gasteiger partial charge in [0.15, 0.2) is 0 Å². The second kappa shape index (κ2) is 4.55. The molecule has 98 valence electrons. The number of nitrogens with zero attached hydrogens (tertiary/aromatic N) is 1. The van der Waals surface area contributed by atoms with Gasteiger partial charge >= 0.3 is 0 Å². The van der Waals surface area contributed by atoms with E-state index in [-0.39, 0.29) is 17.9 Å². The van der Waals surface area contributed by atoms with Crippen LogP contribution in [-0.2, 0) is 9.53 Å². The van der Waals surface area contributed by atoms with Gasteiger partial charge in [0.2, 0.25) is 5.91 Å². The zero-order valence-electron chi connectivity index (χ0n) is 10.7. The Morgan fingerprint density at radius 3 is 2.53 bits per heavy atom. The van der Waals surface area contributed by atoms with E-state index in [1.54, 1.807) is 0 Å². The monoisotopic (exact) mass is 241 g/mol. The second-order valence-electron chi connectivity index (χ2n) is 5.53. The van der Waals surface area contributed by atoms with E-state index in [0.717, 1.165) is 25.9 Å². The molecule has 3 atom stereocenters. The molecule has 1 amide bonds. The third kappa shape index (κ3) is 2.46. The van der Waals surface area contributed by atoms with E-state index in [2.05, 4.69) is 11.8 Å². The third-order valence-electron chi connectivity index (χ3n) is 4.18. The molecule has 1 saturated heterocycles. The van der Waals surface area contributed by atoms with Gasteiger partial charge < -0.3 is 16.2 Å². The van der Waals surface area contributed by atoms with Crippen LogP contribution in [0.1, 0.15) is 26.2 Å². The van der Waals surface area contributed by atoms with Crippen molar-refractivity contribution in [2.75, 3.05) is 20.2 Å². The summed E-state index contributed by atoms with van der Waals surface area (Å²) < 4.78 is 5.54. The Morgan fingerprint density at radius 1 is 1.47 bits per heavy atom. The SMILES string of the molecule is CC1OCCC1N(C)CC(N)(C(N)=O)C1CC1. The number of likely N-dealkylation sites (N-methyl/N-ethyl adjacent to an activating group) is 1. The van der Waals surface area contributed by atoms with Crippen molar-refractivity contribution in [2.24, 2.45) is 17.4 Å². The molecule has 0 bridgehead atoms. The largest absolute Gasteiger partial charge is 0.377 e. The molecule has 4 N–H and O–H groups in total. The molecule has 5 nitrogen and oxygen atoms in total. The Labute approximate surface area is 102 Å². The van der Waals surface area contributed by atoms with E-state index >= 15 is 0 Å². The molecule has 1 heterocycles. The van der Waals surface area contributed by atoms with Gasteiger partial charge in [0.05, 0.1) is 6.10 Å². The van der Waals surface area contributed by atoms with Crippen molar-refractivity contribution in [2.45, 2.75) is 43.9 Å². The highest BCUT2D eigenvalue weighted by Crippen LogP contribution is 2.39. The summed E-state index contributed by atoms with van der Waals surface area (Å²) in [5.41, 5.74) is 10.8. The van der Waals surface area contributed by atoms with Crippen molar-refractivity contribution in [3.05, 3.63) is 0 Å². The summed E-state index contributed by atoms with van der Waals surface area (Å²) in [4.78, 5) is 13.7. The van der Waals surface area contributed by atoms with Crippen molar-refractivity contribution in [1.29, 1.82) is 0 Å². The number of nitrogens with two attached hydrogens (primary N) is 2. The second-order valence-corrected chi connectivity index (χ2v) is 5.53. The first-order valence-corrected chi connectivity index (χ1v) is 6.36. The molecule has 17 heavy (non-hydrogen) atoms. The van der Waals surface area contributed by atoms with Crippen LogP contribution in [0.2, 0.25) is 0 Å². The van der Waals surface area contributed by atoms with Crippen LogP contribution >= 0.6 is 0 Å². The lowest BCUT2D eigenvalue weighted by molar-refractivity contribution is -0.124. The van der Waals surface area contributed by atoms with Crippen molar-refractivity contribution < 1.29 is 9.53 Å². The van der Waals surface area contributed by atoms with Gasteiger partial charge in [0, 0.05) is 19.2 Å². The average Bonchev–Trinajstić information content (AvgIpc) is 3.01. The van der Waals surface area contributed by atoms with E-state index in [0.29, 0.717) is 12.6 Å². The minimum absolute atomic E-state index is 0.205. The standard InChI is InChI=1S/C12H23N3O2/c1-8-10(5-6-17-8)15(2)7-12(14,11(13)16)9-3-4-9/h8-10H,3-7,14H2,1-2H3,(H2,13,16). The minimum atomic E-state index is -0.864. The summed E-state index contributed by atoms with van der Waals surface area (Å²) in [5.74, 6) is -0.113. The molecule has 0 radical (unpaired) electrons. The highest BCUT2D eigenvalue weighted by molar-refractivity contribution is 5.85. The van der Waals surface area contributed by atoms with E-state index in [1.807, 2.05) is 7.05 Å². The fourth-order valence-electron chi connectivity index (χ4n) is 2.84. The molecule has 0 aromatic heterocycles. The molecular formula is C12H23N3O2. The fraction of sp³-hybridized carbons (Fsp3) is 0.917. The van der Waals surface area contributed by atoms with Crippen molar-refractivity contribution >= 4 is 5.91 Å². The lowest BCUT2D eigenvalue weighted by Crippen LogP contribution is -2.61. The van der Waals surface area contributed by atoms with E-state index in [1.165, 1.54) is 0 Å². The number of carbonyl (C=O) groups excluding carboxylic acids is 1. The summed E-state index contributed by atoms with van der Waals surface area (Å²) >= 11 is 0. The van der Waals surface area contributed by atoms with Crippen LogP contribution in [0.25, 0.3) is 0 Å². The summed E-state index contributed by atoms with van der Waals surface area (Å²) in [6, 6.07) is 0.344. The number of amides is 1.